The normalized spacial score (nSPS) is 25.2. The Morgan fingerprint density at radius 1 is 1.32 bits per heavy atom. The summed E-state index contributed by atoms with van der Waals surface area (Å²) in [6.45, 7) is 6.90. The van der Waals surface area contributed by atoms with Crippen molar-refractivity contribution in [1.29, 1.82) is 0 Å². The van der Waals surface area contributed by atoms with Crippen LogP contribution in [0.4, 0.5) is 0 Å². The average molecular weight is 268 g/mol. The van der Waals surface area contributed by atoms with Crippen LogP contribution in [0.3, 0.4) is 0 Å². The Kier molecular flexibility index (Phi) is 5.92. The minimum absolute atomic E-state index is 0.338. The van der Waals surface area contributed by atoms with Gasteiger partial charge in [-0.3, -0.25) is 9.89 Å². The number of hydrogen-bond acceptors (Lipinski definition) is 3. The molecule has 1 saturated carbocycles. The molecule has 5 heteroatoms. The predicted molar refractivity (Wildman–Crippen MR) is 78.4 cm³/mol. The summed E-state index contributed by atoms with van der Waals surface area (Å²) in [4.78, 5) is 7.02. The molecule has 2 aliphatic rings. The number of nitrogens with two attached hydrogens (primary N) is 1. The topological polar surface area (TPSA) is 62.9 Å². The summed E-state index contributed by atoms with van der Waals surface area (Å²) in [5.41, 5.74) is 6.01. The van der Waals surface area contributed by atoms with Gasteiger partial charge in [0, 0.05) is 25.7 Å². The summed E-state index contributed by atoms with van der Waals surface area (Å²) in [5.74, 6) is 0.618. The minimum atomic E-state index is 0.338. The molecule has 0 aromatic rings. The van der Waals surface area contributed by atoms with E-state index in [0.29, 0.717) is 18.0 Å². The molecule has 0 radical (unpaired) electrons. The third-order valence-corrected chi connectivity index (χ3v) is 3.93. The Balaban J connectivity index is 1.70. The summed E-state index contributed by atoms with van der Waals surface area (Å²) in [6, 6.07) is 0.780. The van der Waals surface area contributed by atoms with E-state index in [0.717, 1.165) is 32.8 Å². The fraction of sp³-hybridized carbons (Fsp3) is 0.929. The van der Waals surface area contributed by atoms with Crippen molar-refractivity contribution in [2.24, 2.45) is 10.7 Å². The van der Waals surface area contributed by atoms with E-state index < -0.39 is 0 Å². The molecule has 0 aromatic carbocycles. The number of ether oxygens (including phenoxy) is 1. The number of nitrogens with one attached hydrogen (secondary N) is 1. The number of rotatable bonds is 4. The van der Waals surface area contributed by atoms with E-state index in [9.17, 15) is 0 Å². The average Bonchev–Trinajstić information content (AvgIpc) is 2.40. The van der Waals surface area contributed by atoms with Gasteiger partial charge in [-0.1, -0.05) is 19.3 Å². The smallest absolute Gasteiger partial charge is 0.189 e. The Morgan fingerprint density at radius 3 is 2.68 bits per heavy atom. The van der Waals surface area contributed by atoms with Crippen LogP contribution in [0.25, 0.3) is 0 Å². The second-order valence-electron chi connectivity index (χ2n) is 5.76. The van der Waals surface area contributed by atoms with Crippen LogP contribution in [-0.4, -0.2) is 55.8 Å². The lowest BCUT2D eigenvalue weighted by molar-refractivity contribution is 0.0352. The van der Waals surface area contributed by atoms with Gasteiger partial charge in [0.15, 0.2) is 5.96 Å². The van der Waals surface area contributed by atoms with Gasteiger partial charge in [-0.2, -0.15) is 0 Å². The number of aliphatic imine (C=N–C) groups is 1. The van der Waals surface area contributed by atoms with Crippen LogP contribution in [0.5, 0.6) is 0 Å². The lowest BCUT2D eigenvalue weighted by Gasteiger charge is -2.29. The van der Waals surface area contributed by atoms with E-state index in [1.54, 1.807) is 0 Å². The highest BCUT2D eigenvalue weighted by Gasteiger charge is 2.15. The summed E-state index contributed by atoms with van der Waals surface area (Å²) in [6.07, 6.45) is 6.34. The van der Waals surface area contributed by atoms with Gasteiger partial charge in [-0.05, 0) is 19.8 Å². The molecule has 110 valence electrons. The standard InChI is InChI=1S/C14H28N4O/c1-12(11-18-7-9-19-10-8-18)16-14(15)17-13-5-3-2-4-6-13/h12-13H,2-11H2,1H3,(H3,15,16,17). The Labute approximate surface area is 116 Å². The molecule has 1 aliphatic heterocycles. The van der Waals surface area contributed by atoms with Crippen LogP contribution in [0.2, 0.25) is 0 Å². The first-order valence-corrected chi connectivity index (χ1v) is 7.64. The molecule has 1 atom stereocenters. The monoisotopic (exact) mass is 268 g/mol. The first kappa shape index (κ1) is 14.6. The van der Waals surface area contributed by atoms with Crippen molar-refractivity contribution < 1.29 is 4.74 Å². The van der Waals surface area contributed by atoms with Crippen LogP contribution in [0, 0.1) is 0 Å². The van der Waals surface area contributed by atoms with Crippen LogP contribution in [0.1, 0.15) is 39.0 Å². The molecule has 0 aromatic heterocycles. The first-order chi connectivity index (χ1) is 9.24. The molecular weight excluding hydrogens is 240 g/mol. The van der Waals surface area contributed by atoms with Crippen molar-refractivity contribution in [1.82, 2.24) is 10.2 Å². The lowest BCUT2D eigenvalue weighted by atomic mass is 9.96. The van der Waals surface area contributed by atoms with Gasteiger partial charge in [0.1, 0.15) is 0 Å². The zero-order valence-corrected chi connectivity index (χ0v) is 12.1. The van der Waals surface area contributed by atoms with Crippen molar-refractivity contribution in [3.63, 3.8) is 0 Å². The number of nitrogens with zero attached hydrogens (tertiary/aromatic N) is 2. The summed E-state index contributed by atoms with van der Waals surface area (Å²) >= 11 is 0. The molecule has 0 spiro atoms. The van der Waals surface area contributed by atoms with E-state index in [1.165, 1.54) is 32.1 Å². The molecule has 2 fully saturated rings. The maximum Gasteiger partial charge on any atom is 0.189 e. The van der Waals surface area contributed by atoms with Crippen molar-refractivity contribution in [2.45, 2.75) is 51.1 Å². The quantitative estimate of drug-likeness (QED) is 0.588. The molecular formula is C14H28N4O. The molecule has 2 rings (SSSR count). The SMILES string of the molecule is CC(CN1CCOCC1)NC(N)=NC1CCCCC1. The number of morpholine rings is 1. The van der Waals surface area contributed by atoms with Crippen LogP contribution >= 0.6 is 0 Å². The summed E-state index contributed by atoms with van der Waals surface area (Å²) < 4.78 is 5.35. The second-order valence-corrected chi connectivity index (χ2v) is 5.76. The highest BCUT2D eigenvalue weighted by atomic mass is 16.5. The lowest BCUT2D eigenvalue weighted by Crippen LogP contribution is -2.48. The Morgan fingerprint density at radius 2 is 2.00 bits per heavy atom. The summed E-state index contributed by atoms with van der Waals surface area (Å²) in [5, 5.41) is 3.32. The summed E-state index contributed by atoms with van der Waals surface area (Å²) in [7, 11) is 0. The molecule has 3 N–H and O–H groups in total. The highest BCUT2D eigenvalue weighted by Crippen LogP contribution is 2.19. The van der Waals surface area contributed by atoms with E-state index in [1.807, 2.05) is 0 Å². The van der Waals surface area contributed by atoms with Gasteiger partial charge in [0.25, 0.3) is 0 Å². The number of guanidine groups is 1. The molecule has 5 nitrogen and oxygen atoms in total. The van der Waals surface area contributed by atoms with E-state index in [4.69, 9.17) is 10.5 Å². The first-order valence-electron chi connectivity index (χ1n) is 7.64. The largest absolute Gasteiger partial charge is 0.379 e. The van der Waals surface area contributed by atoms with Crippen LogP contribution in [0.15, 0.2) is 4.99 Å². The van der Waals surface area contributed by atoms with Gasteiger partial charge in [0.2, 0.25) is 0 Å². The zero-order chi connectivity index (χ0) is 13.5. The Hall–Kier alpha value is -0.810. The molecule has 1 unspecified atom stereocenters. The molecule has 0 bridgehead atoms. The van der Waals surface area contributed by atoms with Crippen molar-refractivity contribution in [2.75, 3.05) is 32.8 Å². The molecule has 1 aliphatic carbocycles. The van der Waals surface area contributed by atoms with Gasteiger partial charge >= 0.3 is 0 Å². The van der Waals surface area contributed by atoms with E-state index in [-0.39, 0.29) is 0 Å². The fourth-order valence-electron chi connectivity index (χ4n) is 2.91. The number of hydrogen-bond donors (Lipinski definition) is 2. The van der Waals surface area contributed by atoms with Gasteiger partial charge < -0.3 is 15.8 Å². The van der Waals surface area contributed by atoms with Crippen molar-refractivity contribution in [3.8, 4) is 0 Å². The molecule has 0 amide bonds. The van der Waals surface area contributed by atoms with E-state index in [2.05, 4.69) is 22.1 Å². The zero-order valence-electron chi connectivity index (χ0n) is 12.1. The third kappa shape index (κ3) is 5.37. The van der Waals surface area contributed by atoms with Gasteiger partial charge in [-0.25, -0.2) is 0 Å². The minimum Gasteiger partial charge on any atom is -0.379 e. The van der Waals surface area contributed by atoms with Crippen molar-refractivity contribution >= 4 is 5.96 Å². The van der Waals surface area contributed by atoms with Gasteiger partial charge in [-0.15, -0.1) is 0 Å². The maximum atomic E-state index is 6.01. The third-order valence-electron chi connectivity index (χ3n) is 3.93. The molecule has 1 saturated heterocycles. The molecule has 1 heterocycles. The van der Waals surface area contributed by atoms with Gasteiger partial charge in [0.05, 0.1) is 19.3 Å². The second kappa shape index (κ2) is 7.70. The predicted octanol–water partition coefficient (Wildman–Crippen LogP) is 0.944. The van der Waals surface area contributed by atoms with Crippen LogP contribution < -0.4 is 11.1 Å². The molecule has 19 heavy (non-hydrogen) atoms. The maximum absolute atomic E-state index is 6.01. The van der Waals surface area contributed by atoms with Crippen LogP contribution in [-0.2, 0) is 4.74 Å². The Bertz CT molecular complexity index is 283. The van der Waals surface area contributed by atoms with Crippen molar-refractivity contribution in [3.05, 3.63) is 0 Å². The highest BCUT2D eigenvalue weighted by molar-refractivity contribution is 5.78. The van der Waals surface area contributed by atoms with E-state index >= 15 is 0 Å². The fourth-order valence-corrected chi connectivity index (χ4v) is 2.91.